The zero-order valence-corrected chi connectivity index (χ0v) is 13.5. The summed E-state index contributed by atoms with van der Waals surface area (Å²) in [5.41, 5.74) is 12.2. The number of imidazole rings is 1. The smallest absolute Gasteiger partial charge is 0.132 e. The number of rotatable bonds is 5. The average Bonchev–Trinajstić information content (AvgIpc) is 2.73. The Morgan fingerprint density at radius 3 is 2.48 bits per heavy atom. The molecule has 0 radical (unpaired) electrons. The van der Waals surface area contributed by atoms with Gasteiger partial charge in [0.05, 0.1) is 0 Å². The van der Waals surface area contributed by atoms with Gasteiger partial charge in [-0.1, -0.05) is 19.1 Å². The Kier molecular flexibility index (Phi) is 4.51. The number of hydrogen-bond donors (Lipinski definition) is 1. The van der Waals surface area contributed by atoms with Gasteiger partial charge in [-0.05, 0) is 49.9 Å². The highest BCUT2D eigenvalue weighted by Gasteiger charge is 2.17. The first kappa shape index (κ1) is 15.4. The molecule has 0 atom stereocenters. The minimum absolute atomic E-state index is 0.706. The van der Waals surface area contributed by atoms with Gasteiger partial charge in [0.25, 0.3) is 0 Å². The van der Waals surface area contributed by atoms with Gasteiger partial charge in [0, 0.05) is 18.5 Å². The molecule has 1 aromatic heterocycles. The Bertz CT molecular complexity index is 666. The van der Waals surface area contributed by atoms with Crippen LogP contribution in [0, 0.1) is 20.8 Å². The summed E-state index contributed by atoms with van der Waals surface area (Å²) in [7, 11) is 0. The fraction of sp³-hybridized carbons (Fsp3) is 0.389. The second-order valence-corrected chi connectivity index (χ2v) is 5.66. The Balaban J connectivity index is 2.61. The first-order chi connectivity index (χ1) is 9.99. The lowest BCUT2D eigenvalue weighted by Gasteiger charge is -2.09. The topological polar surface area (TPSA) is 43.8 Å². The molecule has 0 aliphatic carbocycles. The summed E-state index contributed by atoms with van der Waals surface area (Å²) in [6, 6.07) is 4.40. The summed E-state index contributed by atoms with van der Waals surface area (Å²) >= 11 is 0. The minimum atomic E-state index is 0.706. The molecule has 1 aromatic carbocycles. The molecule has 3 heteroatoms. The van der Waals surface area contributed by atoms with Crippen LogP contribution in [-0.4, -0.2) is 9.55 Å². The minimum Gasteiger partial charge on any atom is -0.383 e. The van der Waals surface area contributed by atoms with Crippen molar-refractivity contribution in [1.29, 1.82) is 0 Å². The van der Waals surface area contributed by atoms with Gasteiger partial charge in [-0.3, -0.25) is 0 Å². The van der Waals surface area contributed by atoms with Crippen molar-refractivity contribution in [3.63, 3.8) is 0 Å². The summed E-state index contributed by atoms with van der Waals surface area (Å²) in [5.74, 6) is 1.78. The third-order valence-electron chi connectivity index (χ3n) is 3.97. The maximum Gasteiger partial charge on any atom is 0.132 e. The van der Waals surface area contributed by atoms with Crippen LogP contribution in [0.3, 0.4) is 0 Å². The zero-order valence-electron chi connectivity index (χ0n) is 13.5. The molecule has 0 unspecified atom stereocenters. The van der Waals surface area contributed by atoms with Gasteiger partial charge >= 0.3 is 0 Å². The molecule has 21 heavy (non-hydrogen) atoms. The van der Waals surface area contributed by atoms with E-state index >= 15 is 0 Å². The van der Waals surface area contributed by atoms with E-state index in [1.165, 1.54) is 16.7 Å². The number of hydrogen-bond acceptors (Lipinski definition) is 2. The number of nitrogens with zero attached hydrogens (tertiary/aromatic N) is 2. The van der Waals surface area contributed by atoms with Crippen LogP contribution < -0.4 is 5.73 Å². The average molecular weight is 283 g/mol. The molecule has 0 fully saturated rings. The molecular weight excluding hydrogens is 258 g/mol. The third-order valence-corrected chi connectivity index (χ3v) is 3.97. The molecule has 0 bridgehead atoms. The Labute approximate surface area is 127 Å². The first-order valence-electron chi connectivity index (χ1n) is 7.53. The second-order valence-electron chi connectivity index (χ2n) is 5.66. The van der Waals surface area contributed by atoms with Crippen LogP contribution >= 0.6 is 0 Å². The fourth-order valence-corrected chi connectivity index (χ4v) is 2.67. The maximum absolute atomic E-state index is 6.36. The number of nitrogen functional groups attached to an aromatic ring is 1. The van der Waals surface area contributed by atoms with Crippen molar-refractivity contribution in [2.24, 2.45) is 0 Å². The Morgan fingerprint density at radius 1 is 1.19 bits per heavy atom. The number of aromatic nitrogens is 2. The fourth-order valence-electron chi connectivity index (χ4n) is 2.67. The first-order valence-corrected chi connectivity index (χ1v) is 7.53. The molecule has 0 saturated heterocycles. The van der Waals surface area contributed by atoms with Gasteiger partial charge in [0.2, 0.25) is 0 Å². The van der Waals surface area contributed by atoms with Gasteiger partial charge in [0.15, 0.2) is 0 Å². The summed E-state index contributed by atoms with van der Waals surface area (Å²) in [6.07, 6.45) is 3.86. The maximum atomic E-state index is 6.36. The normalized spacial score (nSPS) is 10.9. The van der Waals surface area contributed by atoms with Crippen molar-refractivity contribution in [3.8, 4) is 11.3 Å². The van der Waals surface area contributed by atoms with Crippen LogP contribution in [0.25, 0.3) is 11.3 Å². The SMILES string of the molecule is C=CCn1c(CCC)nc(-c2cc(C)c(C)cc2C)c1N. The highest BCUT2D eigenvalue weighted by molar-refractivity contribution is 5.74. The lowest BCUT2D eigenvalue weighted by molar-refractivity contribution is 0.724. The monoisotopic (exact) mass is 283 g/mol. The number of benzene rings is 1. The van der Waals surface area contributed by atoms with Gasteiger partial charge < -0.3 is 10.3 Å². The summed E-state index contributed by atoms with van der Waals surface area (Å²) < 4.78 is 2.07. The van der Waals surface area contributed by atoms with E-state index in [-0.39, 0.29) is 0 Å². The molecule has 2 aromatic rings. The predicted molar refractivity (Wildman–Crippen MR) is 90.5 cm³/mol. The van der Waals surface area contributed by atoms with E-state index < -0.39 is 0 Å². The van der Waals surface area contributed by atoms with Crippen LogP contribution in [0.1, 0.15) is 35.9 Å². The molecule has 3 nitrogen and oxygen atoms in total. The van der Waals surface area contributed by atoms with Crippen LogP contribution in [0.2, 0.25) is 0 Å². The Morgan fingerprint density at radius 2 is 1.86 bits per heavy atom. The molecule has 0 amide bonds. The van der Waals surface area contributed by atoms with E-state index in [1.54, 1.807) is 0 Å². The number of nitrogens with two attached hydrogens (primary N) is 1. The van der Waals surface area contributed by atoms with Gasteiger partial charge in [-0.2, -0.15) is 0 Å². The lowest BCUT2D eigenvalue weighted by atomic mass is 9.99. The number of anilines is 1. The molecule has 112 valence electrons. The molecule has 2 rings (SSSR count). The highest BCUT2D eigenvalue weighted by Crippen LogP contribution is 2.31. The number of aryl methyl sites for hydroxylation is 4. The van der Waals surface area contributed by atoms with Crippen molar-refractivity contribution >= 4 is 5.82 Å². The molecule has 0 saturated carbocycles. The molecule has 0 spiro atoms. The van der Waals surface area contributed by atoms with Crippen LogP contribution in [0.4, 0.5) is 5.82 Å². The molecule has 1 heterocycles. The highest BCUT2D eigenvalue weighted by atomic mass is 15.1. The van der Waals surface area contributed by atoms with Crippen molar-refractivity contribution < 1.29 is 0 Å². The van der Waals surface area contributed by atoms with E-state index in [0.29, 0.717) is 6.54 Å². The summed E-state index contributed by atoms with van der Waals surface area (Å²) in [4.78, 5) is 4.81. The van der Waals surface area contributed by atoms with Crippen LogP contribution in [-0.2, 0) is 13.0 Å². The standard InChI is InChI=1S/C18H25N3/c1-6-8-16-20-17(18(19)21(16)9-7-2)15-11-13(4)12(3)10-14(15)5/h7,10-11H,2,6,8-9,19H2,1,3-5H3. The predicted octanol–water partition coefficient (Wildman–Crippen LogP) is 4.20. The Hall–Kier alpha value is -2.03. The van der Waals surface area contributed by atoms with Crippen molar-refractivity contribution in [1.82, 2.24) is 9.55 Å². The van der Waals surface area contributed by atoms with Crippen molar-refractivity contribution in [2.45, 2.75) is 47.1 Å². The number of allylic oxidation sites excluding steroid dienone is 1. The van der Waals surface area contributed by atoms with Crippen molar-refractivity contribution in [2.75, 3.05) is 5.73 Å². The second kappa shape index (κ2) is 6.17. The van der Waals surface area contributed by atoms with E-state index in [9.17, 15) is 0 Å². The quantitative estimate of drug-likeness (QED) is 0.836. The van der Waals surface area contributed by atoms with Gasteiger partial charge in [0.1, 0.15) is 17.3 Å². The molecule has 0 aliphatic rings. The van der Waals surface area contributed by atoms with Gasteiger partial charge in [-0.15, -0.1) is 6.58 Å². The lowest BCUT2D eigenvalue weighted by Crippen LogP contribution is -2.06. The summed E-state index contributed by atoms with van der Waals surface area (Å²) in [6.45, 7) is 13.1. The molecule has 2 N–H and O–H groups in total. The van der Waals surface area contributed by atoms with E-state index in [1.807, 2.05) is 6.08 Å². The third kappa shape index (κ3) is 2.87. The molecular formula is C18H25N3. The van der Waals surface area contributed by atoms with E-state index in [0.717, 1.165) is 35.7 Å². The van der Waals surface area contributed by atoms with Crippen molar-refractivity contribution in [3.05, 3.63) is 47.3 Å². The van der Waals surface area contributed by atoms with E-state index in [4.69, 9.17) is 10.7 Å². The largest absolute Gasteiger partial charge is 0.383 e. The molecule has 0 aliphatic heterocycles. The van der Waals surface area contributed by atoms with E-state index in [2.05, 4.69) is 51.0 Å². The van der Waals surface area contributed by atoms with Gasteiger partial charge in [-0.25, -0.2) is 4.98 Å². The van der Waals surface area contributed by atoms with Crippen LogP contribution in [0.5, 0.6) is 0 Å². The zero-order chi connectivity index (χ0) is 15.6. The van der Waals surface area contributed by atoms with Crippen LogP contribution in [0.15, 0.2) is 24.8 Å². The summed E-state index contributed by atoms with van der Waals surface area (Å²) in [5, 5.41) is 0.